The fraction of sp³-hybridized carbons (Fsp3) is 0.0312. The summed E-state index contributed by atoms with van der Waals surface area (Å²) in [4.78, 5) is 4.12. The number of nitrogens with zero attached hydrogens (tertiary/aromatic N) is 1. The van der Waals surface area contributed by atoms with Gasteiger partial charge in [0.05, 0.1) is 0 Å². The van der Waals surface area contributed by atoms with Gasteiger partial charge in [-0.3, -0.25) is 4.98 Å². The molecule has 154 valence electrons. The lowest BCUT2D eigenvalue weighted by molar-refractivity contribution is 1.17. The van der Waals surface area contributed by atoms with Crippen LogP contribution >= 0.6 is 0 Å². The van der Waals surface area contributed by atoms with Crippen molar-refractivity contribution in [1.29, 1.82) is 0 Å². The maximum atomic E-state index is 4.12. The SMILES string of the molecule is c1ccc2c(c1)-c1cccc3cc(-c4ccc5cc(Cc6ccncc6)ccc5c4)cc-2c13. The van der Waals surface area contributed by atoms with Gasteiger partial charge in [-0.25, -0.2) is 0 Å². The van der Waals surface area contributed by atoms with E-state index in [1.54, 1.807) is 0 Å². The lowest BCUT2D eigenvalue weighted by Gasteiger charge is -2.10. The molecule has 0 fully saturated rings. The van der Waals surface area contributed by atoms with Crippen LogP contribution in [0.4, 0.5) is 0 Å². The second-order valence-corrected chi connectivity index (χ2v) is 8.90. The summed E-state index contributed by atoms with van der Waals surface area (Å²) in [6.07, 6.45) is 4.65. The molecule has 1 heteroatoms. The normalized spacial score (nSPS) is 11.8. The van der Waals surface area contributed by atoms with Crippen LogP contribution in [0.1, 0.15) is 11.1 Å². The largest absolute Gasteiger partial charge is 0.265 e. The molecular formula is C32H21N. The van der Waals surface area contributed by atoms with E-state index in [1.807, 2.05) is 12.4 Å². The van der Waals surface area contributed by atoms with E-state index in [4.69, 9.17) is 0 Å². The molecule has 1 aliphatic carbocycles. The first-order valence-corrected chi connectivity index (χ1v) is 11.4. The molecule has 1 aliphatic rings. The molecule has 6 aromatic rings. The topological polar surface area (TPSA) is 12.9 Å². The van der Waals surface area contributed by atoms with Crippen LogP contribution in [0.15, 0.2) is 116 Å². The number of benzene rings is 5. The van der Waals surface area contributed by atoms with Crippen molar-refractivity contribution in [3.05, 3.63) is 127 Å². The summed E-state index contributed by atoms with van der Waals surface area (Å²) < 4.78 is 0. The van der Waals surface area contributed by atoms with Crippen molar-refractivity contribution in [1.82, 2.24) is 4.98 Å². The van der Waals surface area contributed by atoms with E-state index in [9.17, 15) is 0 Å². The minimum Gasteiger partial charge on any atom is -0.265 e. The third-order valence-corrected chi connectivity index (χ3v) is 6.88. The van der Waals surface area contributed by atoms with Gasteiger partial charge in [0.15, 0.2) is 0 Å². The standard InChI is InChI=1S/C32H21N/c1-2-6-29-28(5-1)30-7-3-4-26-19-27(20-31(29)32(26)30)25-11-10-23-17-22(8-9-24(23)18-25)16-21-12-14-33-15-13-21/h1-15,17-20H,16H2. The Kier molecular flexibility index (Phi) is 3.97. The van der Waals surface area contributed by atoms with Crippen molar-refractivity contribution in [2.24, 2.45) is 0 Å². The molecule has 0 radical (unpaired) electrons. The molecule has 0 aliphatic heterocycles. The Morgan fingerprint density at radius 3 is 2.06 bits per heavy atom. The number of hydrogen-bond donors (Lipinski definition) is 0. The zero-order valence-electron chi connectivity index (χ0n) is 18.1. The van der Waals surface area contributed by atoms with Crippen LogP contribution in [-0.4, -0.2) is 4.98 Å². The van der Waals surface area contributed by atoms with Gasteiger partial charge in [0, 0.05) is 12.4 Å². The van der Waals surface area contributed by atoms with Crippen LogP contribution in [0.5, 0.6) is 0 Å². The van der Waals surface area contributed by atoms with Crippen molar-refractivity contribution in [3.63, 3.8) is 0 Å². The second kappa shape index (κ2) is 7.15. The van der Waals surface area contributed by atoms with E-state index in [2.05, 4.69) is 108 Å². The molecule has 33 heavy (non-hydrogen) atoms. The summed E-state index contributed by atoms with van der Waals surface area (Å²) in [6, 6.07) is 38.0. The van der Waals surface area contributed by atoms with Gasteiger partial charge in [-0.05, 0) is 103 Å². The zero-order valence-corrected chi connectivity index (χ0v) is 18.1. The van der Waals surface area contributed by atoms with Gasteiger partial charge in [-0.1, -0.05) is 72.8 Å². The fourth-order valence-corrected chi connectivity index (χ4v) is 5.31. The number of hydrogen-bond acceptors (Lipinski definition) is 1. The first kappa shape index (κ1) is 18.4. The quantitative estimate of drug-likeness (QED) is 0.281. The summed E-state index contributed by atoms with van der Waals surface area (Å²) in [5.41, 5.74) is 10.5. The average Bonchev–Trinajstić information content (AvgIpc) is 3.20. The molecular weight excluding hydrogens is 398 g/mol. The third kappa shape index (κ3) is 2.97. The van der Waals surface area contributed by atoms with E-state index in [1.165, 1.54) is 66.1 Å². The predicted molar refractivity (Wildman–Crippen MR) is 138 cm³/mol. The Hall–Kier alpha value is -4.23. The zero-order chi connectivity index (χ0) is 21.8. The second-order valence-electron chi connectivity index (χ2n) is 8.90. The monoisotopic (exact) mass is 419 g/mol. The number of pyridine rings is 1. The summed E-state index contributed by atoms with van der Waals surface area (Å²) in [7, 11) is 0. The molecule has 0 saturated heterocycles. The van der Waals surface area contributed by atoms with E-state index >= 15 is 0 Å². The molecule has 0 amide bonds. The highest BCUT2D eigenvalue weighted by atomic mass is 14.6. The lowest BCUT2D eigenvalue weighted by atomic mass is 9.94. The molecule has 1 aromatic heterocycles. The van der Waals surface area contributed by atoms with Crippen molar-refractivity contribution >= 4 is 21.5 Å². The molecule has 1 nitrogen and oxygen atoms in total. The van der Waals surface area contributed by atoms with Gasteiger partial charge in [-0.2, -0.15) is 0 Å². The number of aromatic nitrogens is 1. The number of fused-ring (bicyclic) bond motifs is 4. The van der Waals surface area contributed by atoms with E-state index in [-0.39, 0.29) is 0 Å². The summed E-state index contributed by atoms with van der Waals surface area (Å²) in [5, 5.41) is 5.24. The molecule has 0 atom stereocenters. The Labute approximate surface area is 193 Å². The number of rotatable bonds is 3. The average molecular weight is 420 g/mol. The minimum absolute atomic E-state index is 0.927. The molecule has 7 rings (SSSR count). The molecule has 0 bridgehead atoms. The smallest absolute Gasteiger partial charge is 0.0270 e. The van der Waals surface area contributed by atoms with E-state index in [0.29, 0.717) is 0 Å². The Morgan fingerprint density at radius 2 is 1.18 bits per heavy atom. The fourth-order valence-electron chi connectivity index (χ4n) is 5.31. The van der Waals surface area contributed by atoms with Crippen LogP contribution in [0, 0.1) is 0 Å². The van der Waals surface area contributed by atoms with Gasteiger partial charge < -0.3 is 0 Å². The Morgan fingerprint density at radius 1 is 0.455 bits per heavy atom. The molecule has 0 N–H and O–H groups in total. The summed E-state index contributed by atoms with van der Waals surface area (Å²) >= 11 is 0. The first-order valence-electron chi connectivity index (χ1n) is 11.4. The van der Waals surface area contributed by atoms with Crippen LogP contribution in [0.25, 0.3) is 54.9 Å². The molecule has 0 spiro atoms. The van der Waals surface area contributed by atoms with Crippen LogP contribution < -0.4 is 0 Å². The molecule has 5 aromatic carbocycles. The first-order chi connectivity index (χ1) is 16.3. The van der Waals surface area contributed by atoms with Gasteiger partial charge in [0.1, 0.15) is 0 Å². The van der Waals surface area contributed by atoms with Gasteiger partial charge in [0.25, 0.3) is 0 Å². The van der Waals surface area contributed by atoms with E-state index < -0.39 is 0 Å². The van der Waals surface area contributed by atoms with Crippen molar-refractivity contribution in [2.45, 2.75) is 6.42 Å². The van der Waals surface area contributed by atoms with Crippen molar-refractivity contribution in [3.8, 4) is 33.4 Å². The van der Waals surface area contributed by atoms with Crippen LogP contribution in [0.2, 0.25) is 0 Å². The summed E-state index contributed by atoms with van der Waals surface area (Å²) in [5.74, 6) is 0. The maximum absolute atomic E-state index is 4.12. The van der Waals surface area contributed by atoms with Gasteiger partial charge >= 0.3 is 0 Å². The maximum Gasteiger partial charge on any atom is 0.0270 e. The van der Waals surface area contributed by atoms with Gasteiger partial charge in [0.2, 0.25) is 0 Å². The van der Waals surface area contributed by atoms with Gasteiger partial charge in [-0.15, -0.1) is 0 Å². The summed E-state index contributed by atoms with van der Waals surface area (Å²) in [6.45, 7) is 0. The Balaban J connectivity index is 1.32. The van der Waals surface area contributed by atoms with E-state index in [0.717, 1.165) is 6.42 Å². The highest BCUT2D eigenvalue weighted by molar-refractivity contribution is 6.16. The van der Waals surface area contributed by atoms with Crippen LogP contribution in [-0.2, 0) is 6.42 Å². The predicted octanol–water partition coefficient (Wildman–Crippen LogP) is 8.29. The highest BCUT2D eigenvalue weighted by Crippen LogP contribution is 2.48. The highest BCUT2D eigenvalue weighted by Gasteiger charge is 2.21. The van der Waals surface area contributed by atoms with Crippen molar-refractivity contribution in [2.75, 3.05) is 0 Å². The van der Waals surface area contributed by atoms with Crippen molar-refractivity contribution < 1.29 is 0 Å². The third-order valence-electron chi connectivity index (χ3n) is 6.88. The Bertz CT molecular complexity index is 1680. The molecule has 1 heterocycles. The molecule has 0 saturated carbocycles. The van der Waals surface area contributed by atoms with Crippen LogP contribution in [0.3, 0.4) is 0 Å². The lowest BCUT2D eigenvalue weighted by Crippen LogP contribution is -1.89. The minimum atomic E-state index is 0.927. The molecule has 0 unspecified atom stereocenters.